The third-order valence-corrected chi connectivity index (χ3v) is 7.47. The predicted octanol–water partition coefficient (Wildman–Crippen LogP) is 3.41. The Balaban J connectivity index is 4.93. The summed E-state index contributed by atoms with van der Waals surface area (Å²) >= 11 is 0. The maximum absolute atomic E-state index is 12.4. The van der Waals surface area contributed by atoms with Crippen LogP contribution in [-0.4, -0.2) is 43.7 Å². The minimum atomic E-state index is -3.40. The second-order valence-electron chi connectivity index (χ2n) is 3.87. The maximum Gasteiger partial charge on any atom is 0.344 e. The number of rotatable bonds is 13. The Morgan fingerprint density at radius 2 is 1.05 bits per heavy atom. The van der Waals surface area contributed by atoms with Gasteiger partial charge in [0.05, 0.1) is 26.4 Å². The molecule has 1 unspecified atom stereocenters. The van der Waals surface area contributed by atoms with E-state index in [1.165, 1.54) is 4.67 Å². The lowest BCUT2D eigenvalue weighted by Crippen LogP contribution is -2.19. The molecule has 0 saturated heterocycles. The molecule has 0 saturated carbocycles. The van der Waals surface area contributed by atoms with Gasteiger partial charge in [0.1, 0.15) is 21.2 Å². The van der Waals surface area contributed by atoms with Gasteiger partial charge in [-0.2, -0.15) is 0 Å². The van der Waals surface area contributed by atoms with E-state index in [9.17, 15) is 13.7 Å². The molecule has 0 N–H and O–H groups in total. The third-order valence-electron chi connectivity index (χ3n) is 2.16. The maximum atomic E-state index is 12.4. The van der Waals surface area contributed by atoms with Crippen LogP contribution in [0.25, 0.3) is 0 Å². The molecule has 0 spiro atoms. The summed E-state index contributed by atoms with van der Waals surface area (Å²) in [4.78, 5) is 0. The van der Waals surface area contributed by atoms with Crippen LogP contribution in [0.1, 0.15) is 27.7 Å². The van der Waals surface area contributed by atoms with E-state index in [1.54, 1.807) is 27.7 Å². The van der Waals surface area contributed by atoms with Crippen molar-refractivity contribution in [3.8, 4) is 0 Å². The summed E-state index contributed by atoms with van der Waals surface area (Å²) in [6, 6.07) is 0. The fourth-order valence-electron chi connectivity index (χ4n) is 1.58. The van der Waals surface area contributed by atoms with Gasteiger partial charge in [-0.15, -0.1) is 0 Å². The molecule has 0 amide bonds. The zero-order chi connectivity index (χ0) is 16.4. The van der Waals surface area contributed by atoms with E-state index >= 15 is 0 Å². The van der Waals surface area contributed by atoms with E-state index in [0.717, 1.165) is 0 Å². The first-order valence-corrected chi connectivity index (χ1v) is 11.3. The van der Waals surface area contributed by atoms with Crippen molar-refractivity contribution >= 4 is 23.8 Å². The summed E-state index contributed by atoms with van der Waals surface area (Å²) in [7, 11) is -8.28. The van der Waals surface area contributed by atoms with E-state index < -0.39 is 23.8 Å². The van der Waals surface area contributed by atoms with Gasteiger partial charge < -0.3 is 22.7 Å². The molecule has 0 radical (unpaired) electrons. The molecule has 0 aliphatic carbocycles. The van der Waals surface area contributed by atoms with Crippen molar-refractivity contribution in [2.45, 2.75) is 27.7 Å². The van der Waals surface area contributed by atoms with Gasteiger partial charge in [-0.25, -0.2) is 4.67 Å². The van der Waals surface area contributed by atoms with Crippen molar-refractivity contribution in [3.63, 3.8) is 0 Å². The minimum absolute atomic E-state index is 0.202. The van der Waals surface area contributed by atoms with Crippen molar-refractivity contribution in [2.24, 2.45) is 0 Å². The molecule has 0 aromatic heterocycles. The van der Waals surface area contributed by atoms with Crippen LogP contribution < -0.4 is 0 Å². The Labute approximate surface area is 127 Å². The lowest BCUT2D eigenvalue weighted by Gasteiger charge is -2.25. The Morgan fingerprint density at radius 1 is 0.762 bits per heavy atom. The predicted molar refractivity (Wildman–Crippen MR) is 83.7 cm³/mol. The quantitative estimate of drug-likeness (QED) is 0.459. The third kappa shape index (κ3) is 8.63. The number of hydrogen-bond acceptors (Lipinski definition) is 7. The van der Waals surface area contributed by atoms with Crippen LogP contribution in [-0.2, 0) is 31.8 Å². The first-order valence-electron chi connectivity index (χ1n) is 6.84. The monoisotopic (exact) mass is 365 g/mol. The number of hydrogen-bond donors (Lipinski definition) is 0. The minimum Gasteiger partial charge on any atom is -0.313 e. The Kier molecular flexibility index (Phi) is 11.4. The summed E-state index contributed by atoms with van der Waals surface area (Å²) in [5, 5.41) is 0. The first kappa shape index (κ1) is 21.5. The van der Waals surface area contributed by atoms with Gasteiger partial charge in [-0.3, -0.25) is 9.13 Å². The first-order chi connectivity index (χ1) is 9.88. The largest absolute Gasteiger partial charge is 0.344 e. The zero-order valence-corrected chi connectivity index (χ0v) is 16.0. The fraction of sp³-hybridized carbons (Fsp3) is 1.00. The standard InChI is InChI=1S/C10H26NO7P3/c1-5-15-20(13,16-6-2)9-11(19-12)10-21(14,17-7-3)18-8-4/h5-10,19H2,1-4H3. The van der Waals surface area contributed by atoms with Crippen LogP contribution in [0.3, 0.4) is 0 Å². The molecule has 0 aromatic carbocycles. The summed E-state index contributed by atoms with van der Waals surface area (Å²) in [6.07, 6.45) is -0.421. The molecule has 8 nitrogen and oxygen atoms in total. The molecule has 0 aromatic rings. The Morgan fingerprint density at radius 3 is 1.24 bits per heavy atom. The van der Waals surface area contributed by atoms with E-state index in [-0.39, 0.29) is 39.0 Å². The molecule has 0 fully saturated rings. The highest BCUT2D eigenvalue weighted by molar-refractivity contribution is 7.55. The molecular formula is C10H26NO7P3. The van der Waals surface area contributed by atoms with Crippen molar-refractivity contribution in [1.82, 2.24) is 4.67 Å². The van der Waals surface area contributed by atoms with Crippen LogP contribution >= 0.6 is 23.8 Å². The van der Waals surface area contributed by atoms with E-state index in [2.05, 4.69) is 0 Å². The Hall–Kier alpha value is 0.490. The van der Waals surface area contributed by atoms with Crippen molar-refractivity contribution < 1.29 is 31.8 Å². The van der Waals surface area contributed by atoms with Gasteiger partial charge >= 0.3 is 15.2 Å². The average Bonchev–Trinajstić information content (AvgIpc) is 2.38. The molecule has 1 atom stereocenters. The number of nitrogens with zero attached hydrogens (tertiary/aromatic N) is 1. The highest BCUT2D eigenvalue weighted by Gasteiger charge is 2.33. The lowest BCUT2D eigenvalue weighted by atomic mass is 10.9. The van der Waals surface area contributed by atoms with Gasteiger partial charge in [0.15, 0.2) is 0 Å². The average molecular weight is 365 g/mol. The smallest absolute Gasteiger partial charge is 0.313 e. The van der Waals surface area contributed by atoms with Crippen molar-refractivity contribution in [1.29, 1.82) is 0 Å². The van der Waals surface area contributed by atoms with Gasteiger partial charge in [-0.05, 0) is 27.7 Å². The van der Waals surface area contributed by atoms with Gasteiger partial charge in [0.25, 0.3) is 0 Å². The van der Waals surface area contributed by atoms with Crippen LogP contribution in [0.4, 0.5) is 0 Å². The summed E-state index contributed by atoms with van der Waals surface area (Å²) < 4.78 is 57.9. The lowest BCUT2D eigenvalue weighted by molar-refractivity contribution is 0.203. The zero-order valence-electron chi connectivity index (χ0n) is 13.0. The van der Waals surface area contributed by atoms with E-state index in [4.69, 9.17) is 18.1 Å². The van der Waals surface area contributed by atoms with Crippen LogP contribution in [0.5, 0.6) is 0 Å². The van der Waals surface area contributed by atoms with E-state index in [1.807, 2.05) is 0 Å². The van der Waals surface area contributed by atoms with Crippen LogP contribution in [0.15, 0.2) is 0 Å². The molecule has 0 rings (SSSR count). The van der Waals surface area contributed by atoms with Gasteiger partial charge in [0, 0.05) is 0 Å². The molecule has 21 heavy (non-hydrogen) atoms. The summed E-state index contributed by atoms with van der Waals surface area (Å²) in [5.41, 5.74) is 0. The summed E-state index contributed by atoms with van der Waals surface area (Å²) in [6.45, 7) is 7.55. The molecule has 0 aliphatic heterocycles. The second-order valence-corrected chi connectivity index (χ2v) is 8.85. The molecule has 11 heteroatoms. The van der Waals surface area contributed by atoms with Crippen molar-refractivity contribution in [3.05, 3.63) is 0 Å². The molecular weight excluding hydrogens is 339 g/mol. The van der Waals surface area contributed by atoms with Gasteiger partial charge in [0.2, 0.25) is 0 Å². The second kappa shape index (κ2) is 11.1. The molecule has 128 valence electrons. The van der Waals surface area contributed by atoms with Crippen LogP contribution in [0.2, 0.25) is 0 Å². The molecule has 0 aliphatic rings. The van der Waals surface area contributed by atoms with E-state index in [0.29, 0.717) is 0 Å². The topological polar surface area (TPSA) is 91.4 Å². The van der Waals surface area contributed by atoms with Crippen LogP contribution in [0, 0.1) is 0 Å². The normalized spacial score (nSPS) is 13.6. The highest BCUT2D eigenvalue weighted by Crippen LogP contribution is 2.54. The fourth-order valence-corrected chi connectivity index (χ4v) is 6.61. The van der Waals surface area contributed by atoms with Gasteiger partial charge in [-0.1, -0.05) is 0 Å². The van der Waals surface area contributed by atoms with Crippen molar-refractivity contribution in [2.75, 3.05) is 39.0 Å². The molecule has 0 bridgehead atoms. The highest BCUT2D eigenvalue weighted by atomic mass is 31.2. The SMILES string of the molecule is CCOP(=O)(CN(CP(=O)(OCC)OCC)[PH2]=O)OCC. The molecule has 0 heterocycles. The summed E-state index contributed by atoms with van der Waals surface area (Å²) in [5.74, 6) is 0. The Bertz CT molecular complexity index is 341.